The van der Waals surface area contributed by atoms with Gasteiger partial charge in [0.25, 0.3) is 0 Å². The highest BCUT2D eigenvalue weighted by Crippen LogP contribution is 2.25. The zero-order chi connectivity index (χ0) is 10.6. The van der Waals surface area contributed by atoms with Gasteiger partial charge in [-0.1, -0.05) is 33.6 Å². The van der Waals surface area contributed by atoms with E-state index in [-0.39, 0.29) is 12.6 Å². The minimum Gasteiger partial charge on any atom is -0.395 e. The van der Waals surface area contributed by atoms with E-state index in [9.17, 15) is 0 Å². The van der Waals surface area contributed by atoms with Crippen molar-refractivity contribution in [3.05, 3.63) is 33.3 Å². The molecule has 0 fully saturated rings. The molecule has 2 nitrogen and oxygen atoms in total. The molecule has 0 bridgehead atoms. The van der Waals surface area contributed by atoms with Crippen LogP contribution in [-0.4, -0.2) is 18.3 Å². The van der Waals surface area contributed by atoms with Gasteiger partial charge in [-0.15, -0.1) is 0 Å². The predicted molar refractivity (Wildman–Crippen MR) is 62.7 cm³/mol. The monoisotopic (exact) mass is 277 g/mol. The van der Waals surface area contributed by atoms with Gasteiger partial charge in [0.2, 0.25) is 0 Å². The van der Waals surface area contributed by atoms with Crippen LogP contribution in [0.2, 0.25) is 5.02 Å². The Morgan fingerprint density at radius 2 is 2.29 bits per heavy atom. The first kappa shape index (κ1) is 12.0. The van der Waals surface area contributed by atoms with E-state index in [4.69, 9.17) is 16.7 Å². The molecule has 0 amide bonds. The second-order valence-corrected chi connectivity index (χ2v) is 4.39. The summed E-state index contributed by atoms with van der Waals surface area (Å²) < 4.78 is 0.973. The number of hydrogen-bond acceptors (Lipinski definition) is 2. The van der Waals surface area contributed by atoms with Crippen molar-refractivity contribution in [3.63, 3.8) is 0 Å². The first-order valence-corrected chi connectivity index (χ1v) is 5.61. The smallest absolute Gasteiger partial charge is 0.0556 e. The van der Waals surface area contributed by atoms with E-state index in [0.29, 0.717) is 6.54 Å². The highest BCUT2D eigenvalue weighted by molar-refractivity contribution is 9.10. The SMILES string of the molecule is CC(NCCO)c1ccc(Br)cc1Cl. The Bertz CT molecular complexity index is 306. The maximum absolute atomic E-state index is 8.67. The van der Waals surface area contributed by atoms with Gasteiger partial charge in [0.1, 0.15) is 0 Å². The van der Waals surface area contributed by atoms with Crippen molar-refractivity contribution in [3.8, 4) is 0 Å². The number of nitrogens with one attached hydrogen (secondary N) is 1. The maximum Gasteiger partial charge on any atom is 0.0556 e. The largest absolute Gasteiger partial charge is 0.395 e. The van der Waals surface area contributed by atoms with E-state index in [1.165, 1.54) is 0 Å². The van der Waals surface area contributed by atoms with Gasteiger partial charge < -0.3 is 10.4 Å². The summed E-state index contributed by atoms with van der Waals surface area (Å²) in [6, 6.07) is 5.95. The number of hydrogen-bond donors (Lipinski definition) is 2. The fourth-order valence-corrected chi connectivity index (χ4v) is 2.08. The molecule has 0 aromatic heterocycles. The number of benzene rings is 1. The zero-order valence-corrected chi connectivity index (χ0v) is 10.3. The fraction of sp³-hybridized carbons (Fsp3) is 0.400. The van der Waals surface area contributed by atoms with Crippen LogP contribution in [0.4, 0.5) is 0 Å². The van der Waals surface area contributed by atoms with Gasteiger partial charge in [-0.25, -0.2) is 0 Å². The molecule has 0 radical (unpaired) electrons. The minimum atomic E-state index is 0.137. The fourth-order valence-electron chi connectivity index (χ4n) is 1.24. The summed E-state index contributed by atoms with van der Waals surface area (Å²) in [5.74, 6) is 0. The van der Waals surface area contributed by atoms with Crippen LogP contribution in [0.5, 0.6) is 0 Å². The van der Waals surface area contributed by atoms with Crippen LogP contribution < -0.4 is 5.32 Å². The standard InChI is InChI=1S/C10H13BrClNO/c1-7(13-4-5-14)9-3-2-8(11)6-10(9)12/h2-3,6-7,13-14H,4-5H2,1H3. The molecule has 78 valence electrons. The summed E-state index contributed by atoms with van der Waals surface area (Å²) in [6.45, 7) is 2.73. The quantitative estimate of drug-likeness (QED) is 0.887. The summed E-state index contributed by atoms with van der Waals surface area (Å²) in [7, 11) is 0. The average Bonchev–Trinajstić information content (AvgIpc) is 2.14. The van der Waals surface area contributed by atoms with E-state index in [1.54, 1.807) is 0 Å². The second kappa shape index (κ2) is 5.71. The minimum absolute atomic E-state index is 0.137. The zero-order valence-electron chi connectivity index (χ0n) is 7.93. The molecule has 0 saturated carbocycles. The molecule has 1 rings (SSSR count). The molecule has 1 unspecified atom stereocenters. The first-order valence-electron chi connectivity index (χ1n) is 4.44. The van der Waals surface area contributed by atoms with Gasteiger partial charge in [0, 0.05) is 22.1 Å². The van der Waals surface area contributed by atoms with Crippen molar-refractivity contribution in [2.24, 2.45) is 0 Å². The Labute approximate surface area is 97.4 Å². The van der Waals surface area contributed by atoms with Gasteiger partial charge in [-0.3, -0.25) is 0 Å². The van der Waals surface area contributed by atoms with E-state index >= 15 is 0 Å². The molecule has 1 aromatic carbocycles. The topological polar surface area (TPSA) is 32.3 Å². The molecule has 2 N–H and O–H groups in total. The average molecular weight is 279 g/mol. The molecule has 1 aromatic rings. The van der Waals surface area contributed by atoms with Crippen molar-refractivity contribution >= 4 is 27.5 Å². The van der Waals surface area contributed by atoms with Gasteiger partial charge in [-0.2, -0.15) is 0 Å². The molecule has 1 atom stereocenters. The van der Waals surface area contributed by atoms with Gasteiger partial charge in [0.15, 0.2) is 0 Å². The predicted octanol–water partition coefficient (Wildman–Crippen LogP) is 2.75. The van der Waals surface area contributed by atoms with Gasteiger partial charge in [0.05, 0.1) is 6.61 Å². The van der Waals surface area contributed by atoms with E-state index in [0.717, 1.165) is 15.1 Å². The van der Waals surface area contributed by atoms with Crippen molar-refractivity contribution in [1.29, 1.82) is 0 Å². The first-order chi connectivity index (χ1) is 6.65. The number of aliphatic hydroxyl groups excluding tert-OH is 1. The molecule has 0 spiro atoms. The van der Waals surface area contributed by atoms with Crippen LogP contribution in [0.3, 0.4) is 0 Å². The molecule has 4 heteroatoms. The van der Waals surface area contributed by atoms with Crippen molar-refractivity contribution in [2.45, 2.75) is 13.0 Å². The molecule has 0 aliphatic rings. The van der Waals surface area contributed by atoms with Crippen LogP contribution in [-0.2, 0) is 0 Å². The van der Waals surface area contributed by atoms with Crippen LogP contribution in [0, 0.1) is 0 Å². The maximum atomic E-state index is 8.67. The van der Waals surface area contributed by atoms with Gasteiger partial charge in [-0.05, 0) is 24.6 Å². The summed E-state index contributed by atoms with van der Waals surface area (Å²) >= 11 is 9.42. The van der Waals surface area contributed by atoms with Crippen LogP contribution >= 0.6 is 27.5 Å². The lowest BCUT2D eigenvalue weighted by Crippen LogP contribution is -2.22. The Kier molecular flexibility index (Phi) is 4.89. The normalized spacial score (nSPS) is 12.9. The molecular weight excluding hydrogens is 265 g/mol. The van der Waals surface area contributed by atoms with Crippen molar-refractivity contribution in [2.75, 3.05) is 13.2 Å². The lowest BCUT2D eigenvalue weighted by molar-refractivity contribution is 0.286. The van der Waals surface area contributed by atoms with Crippen LogP contribution in [0.15, 0.2) is 22.7 Å². The molecule has 0 heterocycles. The third kappa shape index (κ3) is 3.24. The van der Waals surface area contributed by atoms with Crippen molar-refractivity contribution in [1.82, 2.24) is 5.32 Å². The summed E-state index contributed by atoms with van der Waals surface area (Å²) in [4.78, 5) is 0. The molecular formula is C10H13BrClNO. The Morgan fingerprint density at radius 3 is 2.86 bits per heavy atom. The molecule has 0 saturated heterocycles. The number of halogens is 2. The third-order valence-electron chi connectivity index (χ3n) is 1.99. The Morgan fingerprint density at radius 1 is 1.57 bits per heavy atom. The van der Waals surface area contributed by atoms with Crippen molar-refractivity contribution < 1.29 is 5.11 Å². The lowest BCUT2D eigenvalue weighted by Gasteiger charge is -2.14. The lowest BCUT2D eigenvalue weighted by atomic mass is 10.1. The summed E-state index contributed by atoms with van der Waals surface area (Å²) in [5, 5.41) is 12.6. The highest BCUT2D eigenvalue weighted by atomic mass is 79.9. The number of rotatable bonds is 4. The Balaban J connectivity index is 2.74. The molecule has 0 aliphatic heterocycles. The second-order valence-electron chi connectivity index (χ2n) is 3.07. The van der Waals surface area contributed by atoms with E-state index in [1.807, 2.05) is 25.1 Å². The summed E-state index contributed by atoms with van der Waals surface area (Å²) in [5.41, 5.74) is 1.04. The van der Waals surface area contributed by atoms with E-state index in [2.05, 4.69) is 21.2 Å². The highest BCUT2D eigenvalue weighted by Gasteiger charge is 2.08. The Hall–Kier alpha value is -0.0900. The van der Waals surface area contributed by atoms with Crippen LogP contribution in [0.1, 0.15) is 18.5 Å². The molecule has 14 heavy (non-hydrogen) atoms. The van der Waals surface area contributed by atoms with E-state index < -0.39 is 0 Å². The molecule has 0 aliphatic carbocycles. The third-order valence-corrected chi connectivity index (χ3v) is 2.81. The summed E-state index contributed by atoms with van der Waals surface area (Å²) in [6.07, 6.45) is 0. The number of aliphatic hydroxyl groups is 1. The van der Waals surface area contributed by atoms with Crippen LogP contribution in [0.25, 0.3) is 0 Å². The van der Waals surface area contributed by atoms with Gasteiger partial charge >= 0.3 is 0 Å².